The van der Waals surface area contributed by atoms with Gasteiger partial charge in [-0.3, -0.25) is 0 Å². The molecule has 15 heavy (non-hydrogen) atoms. The van der Waals surface area contributed by atoms with E-state index < -0.39 is 0 Å². The molecule has 0 aliphatic rings. The maximum Gasteiger partial charge on any atom is 0.0265 e. The number of thioether (sulfide) groups is 1. The molecule has 0 heterocycles. The van der Waals surface area contributed by atoms with Crippen LogP contribution in [0.5, 0.6) is 0 Å². The van der Waals surface area contributed by atoms with Crippen molar-refractivity contribution in [2.45, 2.75) is 30.9 Å². The van der Waals surface area contributed by atoms with Gasteiger partial charge >= 0.3 is 0 Å². The van der Waals surface area contributed by atoms with Crippen molar-refractivity contribution in [1.29, 1.82) is 0 Å². The molecule has 1 aromatic rings. The van der Waals surface area contributed by atoms with Crippen molar-refractivity contribution in [2.75, 3.05) is 6.54 Å². The molecule has 0 aliphatic heterocycles. The van der Waals surface area contributed by atoms with Gasteiger partial charge in [0.2, 0.25) is 0 Å². The number of hydrogen-bond acceptors (Lipinski definition) is 2. The smallest absolute Gasteiger partial charge is 0.0265 e. The Balaban J connectivity index is 2.76. The SMILES string of the molecule is CC(C)(C)C(CN)Sc1cccc(Br)c1. The zero-order valence-corrected chi connectivity index (χ0v) is 11.9. The first-order chi connectivity index (χ1) is 6.93. The average Bonchev–Trinajstić information content (AvgIpc) is 2.12. The molecular formula is C12H18BrNS. The van der Waals surface area contributed by atoms with Gasteiger partial charge in [0.15, 0.2) is 0 Å². The first kappa shape index (κ1) is 13.1. The fraction of sp³-hybridized carbons (Fsp3) is 0.500. The molecule has 0 aliphatic carbocycles. The van der Waals surface area contributed by atoms with Gasteiger partial charge in [0, 0.05) is 21.2 Å². The van der Waals surface area contributed by atoms with Crippen molar-refractivity contribution in [2.24, 2.45) is 11.1 Å². The Hall–Kier alpha value is 0.01000. The van der Waals surface area contributed by atoms with Crippen molar-refractivity contribution in [1.82, 2.24) is 0 Å². The van der Waals surface area contributed by atoms with Gasteiger partial charge in [-0.15, -0.1) is 11.8 Å². The second-order valence-electron chi connectivity index (χ2n) is 4.67. The first-order valence-electron chi connectivity index (χ1n) is 5.06. The van der Waals surface area contributed by atoms with E-state index in [4.69, 9.17) is 5.73 Å². The summed E-state index contributed by atoms with van der Waals surface area (Å²) in [6.45, 7) is 7.40. The van der Waals surface area contributed by atoms with Gasteiger partial charge in [-0.2, -0.15) is 0 Å². The number of hydrogen-bond donors (Lipinski definition) is 1. The lowest BCUT2D eigenvalue weighted by atomic mass is 9.92. The van der Waals surface area contributed by atoms with Crippen LogP contribution in [-0.2, 0) is 0 Å². The number of rotatable bonds is 3. The highest BCUT2D eigenvalue weighted by molar-refractivity contribution is 9.10. The minimum absolute atomic E-state index is 0.238. The standard InChI is InChI=1S/C12H18BrNS/c1-12(2,3)11(8-14)15-10-6-4-5-9(13)7-10/h4-7,11H,8,14H2,1-3H3. The lowest BCUT2D eigenvalue weighted by Gasteiger charge is -2.29. The molecule has 0 saturated heterocycles. The molecule has 1 atom stereocenters. The summed E-state index contributed by atoms with van der Waals surface area (Å²) in [5.74, 6) is 0. The Kier molecular flexibility index (Phi) is 4.68. The molecule has 1 unspecified atom stereocenters. The molecule has 0 radical (unpaired) electrons. The maximum atomic E-state index is 5.81. The van der Waals surface area contributed by atoms with Crippen LogP contribution in [0.15, 0.2) is 33.6 Å². The molecule has 0 fully saturated rings. The van der Waals surface area contributed by atoms with E-state index in [-0.39, 0.29) is 5.41 Å². The maximum absolute atomic E-state index is 5.81. The summed E-state index contributed by atoms with van der Waals surface area (Å²) in [4.78, 5) is 1.27. The average molecular weight is 288 g/mol. The molecule has 2 N–H and O–H groups in total. The van der Waals surface area contributed by atoms with E-state index in [1.54, 1.807) is 0 Å². The Morgan fingerprint density at radius 2 is 2.07 bits per heavy atom. The predicted octanol–water partition coefficient (Wildman–Crippen LogP) is 3.91. The molecule has 0 spiro atoms. The quantitative estimate of drug-likeness (QED) is 0.853. The topological polar surface area (TPSA) is 26.0 Å². The molecule has 0 saturated carbocycles. The second kappa shape index (κ2) is 5.37. The van der Waals surface area contributed by atoms with Crippen LogP contribution in [0.4, 0.5) is 0 Å². The molecule has 1 nitrogen and oxygen atoms in total. The molecule has 0 aromatic heterocycles. The highest BCUT2D eigenvalue weighted by Crippen LogP contribution is 2.35. The Labute approximate surface area is 105 Å². The largest absolute Gasteiger partial charge is 0.329 e. The van der Waals surface area contributed by atoms with E-state index in [9.17, 15) is 0 Å². The van der Waals surface area contributed by atoms with Gasteiger partial charge in [-0.1, -0.05) is 42.8 Å². The molecule has 1 rings (SSSR count). The van der Waals surface area contributed by atoms with E-state index in [0.29, 0.717) is 11.8 Å². The summed E-state index contributed by atoms with van der Waals surface area (Å²) in [7, 11) is 0. The molecule has 3 heteroatoms. The van der Waals surface area contributed by atoms with Gasteiger partial charge in [-0.25, -0.2) is 0 Å². The van der Waals surface area contributed by atoms with Crippen LogP contribution in [0, 0.1) is 5.41 Å². The van der Waals surface area contributed by atoms with Crippen LogP contribution >= 0.6 is 27.7 Å². The van der Waals surface area contributed by atoms with E-state index in [1.165, 1.54) is 4.90 Å². The van der Waals surface area contributed by atoms with Gasteiger partial charge in [0.1, 0.15) is 0 Å². The molecule has 1 aromatic carbocycles. The lowest BCUT2D eigenvalue weighted by molar-refractivity contribution is 0.398. The number of benzene rings is 1. The van der Waals surface area contributed by atoms with Gasteiger partial charge < -0.3 is 5.73 Å². The van der Waals surface area contributed by atoms with Crippen molar-refractivity contribution in [3.8, 4) is 0 Å². The minimum atomic E-state index is 0.238. The minimum Gasteiger partial charge on any atom is -0.329 e. The van der Waals surface area contributed by atoms with Crippen LogP contribution in [0.2, 0.25) is 0 Å². The molecular weight excluding hydrogens is 270 g/mol. The Bertz CT molecular complexity index is 320. The van der Waals surface area contributed by atoms with Crippen molar-refractivity contribution in [3.63, 3.8) is 0 Å². The van der Waals surface area contributed by atoms with Crippen LogP contribution in [0.1, 0.15) is 20.8 Å². The third-order valence-corrected chi connectivity index (χ3v) is 4.46. The normalized spacial score (nSPS) is 13.9. The third kappa shape index (κ3) is 4.17. The Morgan fingerprint density at radius 3 is 2.53 bits per heavy atom. The second-order valence-corrected chi connectivity index (χ2v) is 6.86. The van der Waals surface area contributed by atoms with Crippen LogP contribution < -0.4 is 5.73 Å². The van der Waals surface area contributed by atoms with Crippen LogP contribution in [0.25, 0.3) is 0 Å². The number of nitrogens with two attached hydrogens (primary N) is 1. The summed E-state index contributed by atoms with van der Waals surface area (Å²) >= 11 is 5.33. The number of halogens is 1. The zero-order valence-electron chi connectivity index (χ0n) is 9.46. The van der Waals surface area contributed by atoms with E-state index in [1.807, 2.05) is 17.8 Å². The van der Waals surface area contributed by atoms with Crippen molar-refractivity contribution >= 4 is 27.7 Å². The van der Waals surface area contributed by atoms with Gasteiger partial charge in [0.25, 0.3) is 0 Å². The predicted molar refractivity (Wildman–Crippen MR) is 72.3 cm³/mol. The monoisotopic (exact) mass is 287 g/mol. The summed E-state index contributed by atoms with van der Waals surface area (Å²) in [5.41, 5.74) is 6.05. The van der Waals surface area contributed by atoms with Crippen LogP contribution in [-0.4, -0.2) is 11.8 Å². The fourth-order valence-corrected chi connectivity index (χ4v) is 2.96. The van der Waals surface area contributed by atoms with Gasteiger partial charge in [0.05, 0.1) is 0 Å². The van der Waals surface area contributed by atoms with Crippen molar-refractivity contribution < 1.29 is 0 Å². The summed E-state index contributed by atoms with van der Waals surface area (Å²) in [6.07, 6.45) is 0. The lowest BCUT2D eigenvalue weighted by Crippen LogP contribution is -2.30. The van der Waals surface area contributed by atoms with Gasteiger partial charge in [-0.05, 0) is 23.6 Å². The first-order valence-corrected chi connectivity index (χ1v) is 6.73. The fourth-order valence-electron chi connectivity index (χ4n) is 1.28. The summed E-state index contributed by atoms with van der Waals surface area (Å²) < 4.78 is 1.12. The van der Waals surface area contributed by atoms with E-state index >= 15 is 0 Å². The highest BCUT2D eigenvalue weighted by atomic mass is 79.9. The molecule has 0 bridgehead atoms. The van der Waals surface area contributed by atoms with E-state index in [2.05, 4.69) is 54.9 Å². The Morgan fingerprint density at radius 1 is 1.40 bits per heavy atom. The summed E-state index contributed by atoms with van der Waals surface area (Å²) in [5, 5.41) is 0.451. The van der Waals surface area contributed by atoms with E-state index in [0.717, 1.165) is 4.47 Å². The molecule has 0 amide bonds. The van der Waals surface area contributed by atoms with Crippen molar-refractivity contribution in [3.05, 3.63) is 28.7 Å². The van der Waals surface area contributed by atoms with Crippen LogP contribution in [0.3, 0.4) is 0 Å². The highest BCUT2D eigenvalue weighted by Gasteiger charge is 2.24. The molecule has 84 valence electrons. The zero-order chi connectivity index (χ0) is 11.5. The summed E-state index contributed by atoms with van der Waals surface area (Å²) in [6, 6.07) is 8.37. The third-order valence-electron chi connectivity index (χ3n) is 2.25.